The molecule has 96 valence electrons. The van der Waals surface area contributed by atoms with Crippen molar-refractivity contribution in [1.29, 1.82) is 0 Å². The van der Waals surface area contributed by atoms with Crippen LogP contribution in [-0.2, 0) is 0 Å². The van der Waals surface area contributed by atoms with Gasteiger partial charge in [-0.2, -0.15) is 0 Å². The fourth-order valence-corrected chi connectivity index (χ4v) is 3.52. The minimum atomic E-state index is 0.920. The molecule has 2 aliphatic rings. The fraction of sp³-hybridized carbons (Fsp3) is 0.765. The molecule has 0 aliphatic heterocycles. The third kappa shape index (κ3) is 3.72. The van der Waals surface area contributed by atoms with Crippen molar-refractivity contribution in [2.45, 2.75) is 71.1 Å². The SMILES string of the molecule is CCCCC1CCC2CCCCC/C=C/C=C12. The molecule has 2 atom stereocenters. The van der Waals surface area contributed by atoms with E-state index in [0.717, 1.165) is 11.8 Å². The summed E-state index contributed by atoms with van der Waals surface area (Å²) < 4.78 is 0. The Morgan fingerprint density at radius 3 is 2.94 bits per heavy atom. The zero-order valence-corrected chi connectivity index (χ0v) is 11.5. The summed E-state index contributed by atoms with van der Waals surface area (Å²) in [5, 5.41) is 0. The molecular formula is C17H28. The van der Waals surface area contributed by atoms with E-state index in [0.29, 0.717) is 0 Å². The van der Waals surface area contributed by atoms with Crippen LogP contribution >= 0.6 is 0 Å². The molecule has 0 N–H and O–H groups in total. The lowest BCUT2D eigenvalue weighted by molar-refractivity contribution is 0.519. The van der Waals surface area contributed by atoms with Gasteiger partial charge in [0.15, 0.2) is 0 Å². The zero-order chi connectivity index (χ0) is 11.9. The maximum Gasteiger partial charge on any atom is -0.0197 e. The first-order valence-corrected chi connectivity index (χ1v) is 7.78. The van der Waals surface area contributed by atoms with Crippen molar-refractivity contribution < 1.29 is 0 Å². The Hall–Kier alpha value is -0.520. The van der Waals surface area contributed by atoms with Crippen molar-refractivity contribution in [1.82, 2.24) is 0 Å². The second-order valence-electron chi connectivity index (χ2n) is 5.85. The van der Waals surface area contributed by atoms with E-state index in [1.807, 2.05) is 0 Å². The van der Waals surface area contributed by atoms with E-state index in [2.05, 4.69) is 25.2 Å². The number of rotatable bonds is 3. The van der Waals surface area contributed by atoms with Crippen LogP contribution in [-0.4, -0.2) is 0 Å². The lowest BCUT2D eigenvalue weighted by Gasteiger charge is -2.17. The van der Waals surface area contributed by atoms with E-state index in [1.54, 1.807) is 5.57 Å². The summed E-state index contributed by atoms with van der Waals surface area (Å²) >= 11 is 0. The van der Waals surface area contributed by atoms with Crippen molar-refractivity contribution >= 4 is 0 Å². The monoisotopic (exact) mass is 232 g/mol. The molecule has 1 fully saturated rings. The molecule has 0 aromatic heterocycles. The highest BCUT2D eigenvalue weighted by molar-refractivity contribution is 5.21. The minimum Gasteiger partial charge on any atom is -0.0845 e. The molecule has 0 aromatic carbocycles. The number of allylic oxidation sites excluding steroid dienone is 4. The lowest BCUT2D eigenvalue weighted by atomic mass is 9.88. The topological polar surface area (TPSA) is 0 Å². The zero-order valence-electron chi connectivity index (χ0n) is 11.5. The minimum absolute atomic E-state index is 0.920. The Kier molecular flexibility index (Phi) is 5.35. The van der Waals surface area contributed by atoms with Gasteiger partial charge in [-0.1, -0.05) is 56.4 Å². The lowest BCUT2D eigenvalue weighted by Crippen LogP contribution is -2.03. The van der Waals surface area contributed by atoms with E-state index in [4.69, 9.17) is 0 Å². The largest absolute Gasteiger partial charge is 0.0845 e. The fourth-order valence-electron chi connectivity index (χ4n) is 3.52. The van der Waals surface area contributed by atoms with Gasteiger partial charge in [0, 0.05) is 0 Å². The van der Waals surface area contributed by atoms with E-state index < -0.39 is 0 Å². The molecule has 0 amide bonds. The third-order valence-corrected chi connectivity index (χ3v) is 4.56. The quantitative estimate of drug-likeness (QED) is 0.590. The molecule has 0 heterocycles. The first-order valence-electron chi connectivity index (χ1n) is 7.78. The number of hydrogen-bond acceptors (Lipinski definition) is 0. The normalized spacial score (nSPS) is 31.7. The second kappa shape index (κ2) is 7.03. The van der Waals surface area contributed by atoms with Gasteiger partial charge in [0.25, 0.3) is 0 Å². The molecule has 0 spiro atoms. The molecule has 0 saturated heterocycles. The van der Waals surface area contributed by atoms with Gasteiger partial charge in [0.2, 0.25) is 0 Å². The molecule has 17 heavy (non-hydrogen) atoms. The highest BCUT2D eigenvalue weighted by Gasteiger charge is 2.28. The Morgan fingerprint density at radius 2 is 2.06 bits per heavy atom. The van der Waals surface area contributed by atoms with Gasteiger partial charge in [-0.05, 0) is 50.4 Å². The molecule has 2 rings (SSSR count). The van der Waals surface area contributed by atoms with Crippen molar-refractivity contribution in [2.75, 3.05) is 0 Å². The van der Waals surface area contributed by atoms with Gasteiger partial charge in [-0.3, -0.25) is 0 Å². The van der Waals surface area contributed by atoms with Crippen LogP contribution in [0.3, 0.4) is 0 Å². The van der Waals surface area contributed by atoms with Crippen molar-refractivity contribution in [3.8, 4) is 0 Å². The van der Waals surface area contributed by atoms with Crippen LogP contribution in [0.25, 0.3) is 0 Å². The van der Waals surface area contributed by atoms with Gasteiger partial charge < -0.3 is 0 Å². The highest BCUT2D eigenvalue weighted by atomic mass is 14.3. The number of unbranched alkanes of at least 4 members (excludes halogenated alkanes) is 1. The average molecular weight is 232 g/mol. The Bertz CT molecular complexity index is 272. The first kappa shape index (κ1) is 12.9. The molecule has 2 unspecified atom stereocenters. The van der Waals surface area contributed by atoms with Gasteiger partial charge in [-0.25, -0.2) is 0 Å². The standard InChI is InChI=1S/C17H28/c1-2-3-10-15-13-14-16-11-8-6-4-5-7-9-12-17(15)16/h7,9,12,15-16H,2-6,8,10-11,13-14H2,1H3/b9-7+,17-12?. The predicted molar refractivity (Wildman–Crippen MR) is 76.0 cm³/mol. The Morgan fingerprint density at radius 1 is 1.12 bits per heavy atom. The van der Waals surface area contributed by atoms with Gasteiger partial charge in [0.1, 0.15) is 0 Å². The molecule has 0 bridgehead atoms. The van der Waals surface area contributed by atoms with Gasteiger partial charge >= 0.3 is 0 Å². The average Bonchev–Trinajstić information content (AvgIpc) is 2.74. The first-order chi connectivity index (χ1) is 8.42. The molecule has 0 aromatic rings. The number of hydrogen-bond donors (Lipinski definition) is 0. The smallest absolute Gasteiger partial charge is 0.0197 e. The van der Waals surface area contributed by atoms with Crippen LogP contribution in [0.15, 0.2) is 23.8 Å². The molecule has 2 aliphatic carbocycles. The summed E-state index contributed by atoms with van der Waals surface area (Å²) in [4.78, 5) is 0. The molecule has 1 saturated carbocycles. The maximum absolute atomic E-state index is 2.48. The van der Waals surface area contributed by atoms with Crippen LogP contribution in [0, 0.1) is 11.8 Å². The summed E-state index contributed by atoms with van der Waals surface area (Å²) in [6, 6.07) is 0. The Labute approximate surface area is 107 Å². The summed E-state index contributed by atoms with van der Waals surface area (Å²) in [6.45, 7) is 2.31. The summed E-state index contributed by atoms with van der Waals surface area (Å²) in [7, 11) is 0. The Balaban J connectivity index is 2.02. The molecule has 0 heteroatoms. The predicted octanol–water partition coefficient (Wildman–Crippen LogP) is 5.65. The van der Waals surface area contributed by atoms with Crippen LogP contribution < -0.4 is 0 Å². The van der Waals surface area contributed by atoms with Crippen LogP contribution in [0.4, 0.5) is 0 Å². The third-order valence-electron chi connectivity index (χ3n) is 4.56. The summed E-state index contributed by atoms with van der Waals surface area (Å²) in [5.74, 6) is 1.85. The summed E-state index contributed by atoms with van der Waals surface area (Å²) in [5.41, 5.74) is 1.80. The molecule has 0 radical (unpaired) electrons. The van der Waals surface area contributed by atoms with E-state index in [-0.39, 0.29) is 0 Å². The van der Waals surface area contributed by atoms with Crippen LogP contribution in [0.2, 0.25) is 0 Å². The maximum atomic E-state index is 2.48. The molecule has 0 nitrogen and oxygen atoms in total. The van der Waals surface area contributed by atoms with Crippen molar-refractivity contribution in [2.24, 2.45) is 11.8 Å². The van der Waals surface area contributed by atoms with Gasteiger partial charge in [0.05, 0.1) is 0 Å². The van der Waals surface area contributed by atoms with Crippen molar-refractivity contribution in [3.05, 3.63) is 23.8 Å². The summed E-state index contributed by atoms with van der Waals surface area (Å²) in [6.07, 6.45) is 21.4. The number of fused-ring (bicyclic) bond motifs is 1. The van der Waals surface area contributed by atoms with Crippen molar-refractivity contribution in [3.63, 3.8) is 0 Å². The van der Waals surface area contributed by atoms with Crippen LogP contribution in [0.5, 0.6) is 0 Å². The highest BCUT2D eigenvalue weighted by Crippen LogP contribution is 2.42. The van der Waals surface area contributed by atoms with E-state index in [9.17, 15) is 0 Å². The van der Waals surface area contributed by atoms with E-state index in [1.165, 1.54) is 64.2 Å². The van der Waals surface area contributed by atoms with E-state index >= 15 is 0 Å². The van der Waals surface area contributed by atoms with Crippen LogP contribution in [0.1, 0.15) is 71.1 Å². The second-order valence-corrected chi connectivity index (χ2v) is 5.85. The molecular weight excluding hydrogens is 204 g/mol. The van der Waals surface area contributed by atoms with Gasteiger partial charge in [-0.15, -0.1) is 0 Å².